The summed E-state index contributed by atoms with van der Waals surface area (Å²) in [5, 5.41) is 8.59. The molecule has 2 N–H and O–H groups in total. The Hall–Kier alpha value is -0.940. The van der Waals surface area contributed by atoms with Crippen LogP contribution in [-0.2, 0) is 24.1 Å². The predicted molar refractivity (Wildman–Crippen MR) is 70.2 cm³/mol. The molecule has 2 rings (SSSR count). The van der Waals surface area contributed by atoms with Gasteiger partial charge in [-0.05, 0) is 37.6 Å². The van der Waals surface area contributed by atoms with Gasteiger partial charge in [-0.15, -0.1) is 5.10 Å². The van der Waals surface area contributed by atoms with Crippen LogP contribution in [0.1, 0.15) is 31.2 Å². The van der Waals surface area contributed by atoms with Crippen LogP contribution < -0.4 is 5.73 Å². The van der Waals surface area contributed by atoms with Gasteiger partial charge in [0, 0.05) is 20.1 Å². The molecule has 0 bridgehead atoms. The van der Waals surface area contributed by atoms with Crippen LogP contribution in [0, 0.1) is 11.8 Å². The average molecular weight is 252 g/mol. The van der Waals surface area contributed by atoms with E-state index >= 15 is 0 Å². The molecule has 18 heavy (non-hydrogen) atoms. The number of aromatic nitrogens is 3. The topological polar surface area (TPSA) is 66.0 Å². The second-order valence-corrected chi connectivity index (χ2v) is 5.41. The first kappa shape index (κ1) is 13.5. The normalized spacial score (nSPS) is 17.1. The van der Waals surface area contributed by atoms with E-state index in [1.165, 1.54) is 18.5 Å². The van der Waals surface area contributed by atoms with E-state index in [0.29, 0.717) is 12.5 Å². The summed E-state index contributed by atoms with van der Waals surface area (Å²) in [4.78, 5) is 0. The number of nitrogens with zero attached hydrogens (tertiary/aromatic N) is 3. The van der Waals surface area contributed by atoms with Gasteiger partial charge >= 0.3 is 0 Å². The van der Waals surface area contributed by atoms with Crippen LogP contribution in [-0.4, -0.2) is 35.3 Å². The molecule has 5 nitrogen and oxygen atoms in total. The summed E-state index contributed by atoms with van der Waals surface area (Å²) < 4.78 is 7.24. The van der Waals surface area contributed by atoms with Crippen molar-refractivity contribution in [3.63, 3.8) is 0 Å². The van der Waals surface area contributed by atoms with Crippen molar-refractivity contribution in [3.05, 3.63) is 11.4 Å². The van der Waals surface area contributed by atoms with Gasteiger partial charge < -0.3 is 10.5 Å². The van der Waals surface area contributed by atoms with E-state index in [4.69, 9.17) is 10.5 Å². The molecule has 5 heteroatoms. The van der Waals surface area contributed by atoms with Crippen LogP contribution in [0.25, 0.3) is 0 Å². The summed E-state index contributed by atoms with van der Waals surface area (Å²) in [6, 6.07) is 0. The Morgan fingerprint density at radius 1 is 1.50 bits per heavy atom. The highest BCUT2D eigenvalue weighted by Gasteiger charge is 2.26. The second kappa shape index (κ2) is 6.29. The smallest absolute Gasteiger partial charge is 0.0871 e. The van der Waals surface area contributed by atoms with E-state index in [1.54, 1.807) is 7.11 Å². The number of ether oxygens (including phenoxy) is 1. The van der Waals surface area contributed by atoms with Gasteiger partial charge in [0.2, 0.25) is 0 Å². The molecule has 1 fully saturated rings. The predicted octanol–water partition coefficient (Wildman–Crippen LogP) is 1.01. The molecule has 1 heterocycles. The lowest BCUT2D eigenvalue weighted by Gasteiger charge is -2.12. The monoisotopic (exact) mass is 252 g/mol. The minimum Gasteiger partial charge on any atom is -0.384 e. The molecule has 0 amide bonds. The highest BCUT2D eigenvalue weighted by Crippen LogP contribution is 2.33. The summed E-state index contributed by atoms with van der Waals surface area (Å²) in [7, 11) is 1.74. The zero-order chi connectivity index (χ0) is 13.0. The third-order valence-corrected chi connectivity index (χ3v) is 3.41. The summed E-state index contributed by atoms with van der Waals surface area (Å²) in [6.45, 7) is 4.46. The van der Waals surface area contributed by atoms with Crippen LogP contribution in [0.4, 0.5) is 0 Å². The summed E-state index contributed by atoms with van der Waals surface area (Å²) in [5.74, 6) is 1.30. The van der Waals surface area contributed by atoms with Crippen molar-refractivity contribution in [1.29, 1.82) is 0 Å². The molecule has 102 valence electrons. The van der Waals surface area contributed by atoms with Crippen molar-refractivity contribution < 1.29 is 4.74 Å². The molecule has 0 saturated heterocycles. The maximum absolute atomic E-state index is 5.64. The first-order chi connectivity index (χ1) is 8.74. The van der Waals surface area contributed by atoms with Crippen molar-refractivity contribution >= 4 is 0 Å². The maximum Gasteiger partial charge on any atom is 0.0871 e. The van der Waals surface area contributed by atoms with Crippen molar-refractivity contribution in [2.45, 2.75) is 39.2 Å². The number of hydrogen-bond donors (Lipinski definition) is 1. The third kappa shape index (κ3) is 3.53. The fourth-order valence-electron chi connectivity index (χ4n) is 2.30. The van der Waals surface area contributed by atoms with E-state index in [1.807, 2.05) is 0 Å². The van der Waals surface area contributed by atoms with E-state index in [0.717, 1.165) is 37.6 Å². The minimum atomic E-state index is 0.459. The maximum atomic E-state index is 5.64. The molecular formula is C13H24N4O. The molecule has 0 spiro atoms. The first-order valence-electron chi connectivity index (χ1n) is 6.84. The number of rotatable bonds is 8. The second-order valence-electron chi connectivity index (χ2n) is 5.41. The van der Waals surface area contributed by atoms with E-state index in [-0.39, 0.29) is 0 Å². The van der Waals surface area contributed by atoms with Gasteiger partial charge in [-0.2, -0.15) is 0 Å². The zero-order valence-electron chi connectivity index (χ0n) is 11.4. The van der Waals surface area contributed by atoms with Crippen LogP contribution in [0.15, 0.2) is 0 Å². The number of methoxy groups -OCH3 is 1. The molecule has 1 aliphatic rings. The highest BCUT2D eigenvalue weighted by atomic mass is 16.5. The van der Waals surface area contributed by atoms with Crippen LogP contribution in [0.2, 0.25) is 0 Å². The van der Waals surface area contributed by atoms with E-state index in [9.17, 15) is 0 Å². The van der Waals surface area contributed by atoms with E-state index < -0.39 is 0 Å². The van der Waals surface area contributed by atoms with Crippen molar-refractivity contribution in [3.8, 4) is 0 Å². The van der Waals surface area contributed by atoms with Gasteiger partial charge in [0.05, 0.1) is 18.0 Å². The quantitative estimate of drug-likeness (QED) is 0.750. The first-order valence-corrected chi connectivity index (χ1v) is 6.84. The third-order valence-electron chi connectivity index (χ3n) is 3.41. The summed E-state index contributed by atoms with van der Waals surface area (Å²) in [6.07, 6.45) is 4.64. The molecule has 0 radical (unpaired) electrons. The van der Waals surface area contributed by atoms with Crippen LogP contribution in [0.3, 0.4) is 0 Å². The Bertz CT molecular complexity index is 373. The largest absolute Gasteiger partial charge is 0.384 e. The average Bonchev–Trinajstić information content (AvgIpc) is 3.08. The van der Waals surface area contributed by atoms with Gasteiger partial charge in [-0.3, -0.25) is 0 Å². The van der Waals surface area contributed by atoms with Crippen LogP contribution >= 0.6 is 0 Å². The van der Waals surface area contributed by atoms with Crippen molar-refractivity contribution in [2.75, 3.05) is 20.3 Å². The van der Waals surface area contributed by atoms with Gasteiger partial charge in [-0.25, -0.2) is 4.68 Å². The van der Waals surface area contributed by atoms with Crippen molar-refractivity contribution in [1.82, 2.24) is 15.0 Å². The lowest BCUT2D eigenvalue weighted by Crippen LogP contribution is -2.17. The standard InChI is InChI=1S/C13H24N4O/c1-10(9-18-2)8-17-13(7-11-3-4-11)12(5-6-14)15-16-17/h10-11H,3-9,14H2,1-2H3. The van der Waals surface area contributed by atoms with E-state index in [2.05, 4.69) is 21.9 Å². The zero-order valence-corrected chi connectivity index (χ0v) is 11.4. The molecule has 1 aromatic heterocycles. The van der Waals surface area contributed by atoms with Gasteiger partial charge in [-0.1, -0.05) is 12.1 Å². The number of nitrogens with two attached hydrogens (primary N) is 1. The molecule has 1 unspecified atom stereocenters. The van der Waals surface area contributed by atoms with Crippen LogP contribution in [0.5, 0.6) is 0 Å². The Morgan fingerprint density at radius 2 is 2.28 bits per heavy atom. The molecule has 0 aliphatic heterocycles. The molecule has 1 atom stereocenters. The Balaban J connectivity index is 2.06. The minimum absolute atomic E-state index is 0.459. The highest BCUT2D eigenvalue weighted by molar-refractivity contribution is 5.13. The Morgan fingerprint density at radius 3 is 2.89 bits per heavy atom. The Labute approximate surface area is 109 Å². The fraction of sp³-hybridized carbons (Fsp3) is 0.846. The molecular weight excluding hydrogens is 228 g/mol. The number of hydrogen-bond acceptors (Lipinski definition) is 4. The fourth-order valence-corrected chi connectivity index (χ4v) is 2.30. The molecule has 0 aromatic carbocycles. The summed E-state index contributed by atoms with van der Waals surface area (Å²) in [5.41, 5.74) is 8.03. The molecule has 1 aromatic rings. The molecule has 1 aliphatic carbocycles. The van der Waals surface area contributed by atoms with Gasteiger partial charge in [0.15, 0.2) is 0 Å². The lowest BCUT2D eigenvalue weighted by atomic mass is 10.1. The lowest BCUT2D eigenvalue weighted by molar-refractivity contribution is 0.148. The van der Waals surface area contributed by atoms with Gasteiger partial charge in [0.1, 0.15) is 0 Å². The molecule has 1 saturated carbocycles. The summed E-state index contributed by atoms with van der Waals surface area (Å²) >= 11 is 0. The Kier molecular flexibility index (Phi) is 4.72. The van der Waals surface area contributed by atoms with Gasteiger partial charge in [0.25, 0.3) is 0 Å². The van der Waals surface area contributed by atoms with Crippen molar-refractivity contribution in [2.24, 2.45) is 17.6 Å². The SMILES string of the molecule is COCC(C)Cn1nnc(CCN)c1CC1CC1.